The number of nitrogens with two attached hydrogens (primary N) is 1. The van der Waals surface area contributed by atoms with Crippen molar-refractivity contribution in [1.82, 2.24) is 10.4 Å². The van der Waals surface area contributed by atoms with E-state index in [9.17, 15) is 22.8 Å². The minimum atomic E-state index is -5.08. The maximum atomic E-state index is 12.8. The standard InChI is InChI=1S/C24H25N5O2.C2HF3O2/c25-21(14-7-3-1-4-8-14)24(31)27-16-11-17-20-18(13-26-29-23(17)30)22(28-19(20)12-16)15-9-5-2-6-10-15;3-2(4,5)1(6)7/h2,5-6,9-14,21,28H,1,3-4,7-8,25H2,(H,27,31)(H,29,30);(H,6,7)/t21-;/m1./s1. The van der Waals surface area contributed by atoms with Crippen LogP contribution in [0.4, 0.5) is 18.9 Å². The molecule has 200 valence electrons. The van der Waals surface area contributed by atoms with Gasteiger partial charge in [0.25, 0.3) is 5.91 Å². The molecule has 1 aliphatic heterocycles. The lowest BCUT2D eigenvalue weighted by molar-refractivity contribution is -0.192. The number of hydrogen-bond donors (Lipinski definition) is 5. The van der Waals surface area contributed by atoms with E-state index in [0.717, 1.165) is 53.4 Å². The van der Waals surface area contributed by atoms with Gasteiger partial charge >= 0.3 is 12.1 Å². The molecule has 38 heavy (non-hydrogen) atoms. The van der Waals surface area contributed by atoms with Crippen LogP contribution in [0.5, 0.6) is 0 Å². The lowest BCUT2D eigenvalue weighted by atomic mass is 9.84. The number of rotatable bonds is 4. The van der Waals surface area contributed by atoms with Crippen molar-refractivity contribution in [1.29, 1.82) is 0 Å². The maximum absolute atomic E-state index is 12.8. The first kappa shape index (κ1) is 26.9. The van der Waals surface area contributed by atoms with Crippen molar-refractivity contribution in [2.75, 3.05) is 5.32 Å². The Labute approximate surface area is 215 Å². The smallest absolute Gasteiger partial charge is 0.475 e. The number of H-pyrrole nitrogens is 1. The van der Waals surface area contributed by atoms with Gasteiger partial charge in [0.15, 0.2) is 0 Å². The summed E-state index contributed by atoms with van der Waals surface area (Å²) in [6.45, 7) is 0. The number of carbonyl (C=O) groups is 3. The Morgan fingerprint density at radius 3 is 2.39 bits per heavy atom. The molecule has 0 unspecified atom stereocenters. The lowest BCUT2D eigenvalue weighted by Gasteiger charge is -2.26. The zero-order chi connectivity index (χ0) is 27.4. The fourth-order valence-electron chi connectivity index (χ4n) is 4.72. The van der Waals surface area contributed by atoms with E-state index in [-0.39, 0.29) is 17.7 Å². The zero-order valence-electron chi connectivity index (χ0n) is 20.1. The minimum Gasteiger partial charge on any atom is -0.475 e. The predicted octanol–water partition coefficient (Wildman–Crippen LogP) is 4.39. The Bertz CT molecular complexity index is 1380. The number of aromatic nitrogens is 1. The predicted molar refractivity (Wildman–Crippen MR) is 136 cm³/mol. The fraction of sp³-hybridized carbons (Fsp3) is 0.308. The van der Waals surface area contributed by atoms with Crippen LogP contribution in [-0.4, -0.2) is 46.3 Å². The molecule has 3 aromatic rings. The topological polar surface area (TPSA) is 150 Å². The molecule has 0 bridgehead atoms. The van der Waals surface area contributed by atoms with Gasteiger partial charge in [0.05, 0.1) is 23.5 Å². The van der Waals surface area contributed by atoms with Crippen molar-refractivity contribution >= 4 is 40.6 Å². The first-order chi connectivity index (χ1) is 18.1. The molecule has 1 saturated carbocycles. The van der Waals surface area contributed by atoms with E-state index in [0.29, 0.717) is 11.3 Å². The Morgan fingerprint density at radius 2 is 1.76 bits per heavy atom. The monoisotopic (exact) mass is 529 g/mol. The summed E-state index contributed by atoms with van der Waals surface area (Å²) in [6, 6.07) is 12.9. The molecule has 1 aliphatic carbocycles. The Morgan fingerprint density at radius 1 is 1.11 bits per heavy atom. The van der Waals surface area contributed by atoms with Gasteiger partial charge in [-0.05, 0) is 36.5 Å². The summed E-state index contributed by atoms with van der Waals surface area (Å²) in [6.07, 6.45) is 2.00. The summed E-state index contributed by atoms with van der Waals surface area (Å²) >= 11 is 0. The Balaban J connectivity index is 0.000000426. The number of aromatic amines is 1. The van der Waals surface area contributed by atoms with Gasteiger partial charge in [-0.2, -0.15) is 18.3 Å². The highest BCUT2D eigenvalue weighted by atomic mass is 19.4. The van der Waals surface area contributed by atoms with Gasteiger partial charge in [-0.3, -0.25) is 9.59 Å². The highest BCUT2D eigenvalue weighted by molar-refractivity contribution is 6.18. The third-order valence-electron chi connectivity index (χ3n) is 6.57. The molecule has 1 atom stereocenters. The highest BCUT2D eigenvalue weighted by Gasteiger charge is 2.38. The average Bonchev–Trinajstić information content (AvgIpc) is 3.17. The number of carboxylic acids is 1. The Hall–Kier alpha value is -4.19. The maximum Gasteiger partial charge on any atom is 0.490 e. The van der Waals surface area contributed by atoms with Crippen LogP contribution in [0.2, 0.25) is 0 Å². The molecule has 2 aliphatic rings. The minimum absolute atomic E-state index is 0.206. The molecule has 0 spiro atoms. The second-order valence-corrected chi connectivity index (χ2v) is 9.14. The van der Waals surface area contributed by atoms with Gasteiger partial charge in [-0.1, -0.05) is 49.6 Å². The van der Waals surface area contributed by atoms with Crippen LogP contribution in [0, 0.1) is 5.92 Å². The molecule has 0 radical (unpaired) electrons. The number of carbonyl (C=O) groups excluding carboxylic acids is 2. The van der Waals surface area contributed by atoms with Crippen LogP contribution < -0.4 is 16.5 Å². The second-order valence-electron chi connectivity index (χ2n) is 9.14. The van der Waals surface area contributed by atoms with Gasteiger partial charge in [0.1, 0.15) is 0 Å². The number of hydrogen-bond acceptors (Lipinski definition) is 5. The van der Waals surface area contributed by atoms with Crippen LogP contribution in [-0.2, 0) is 9.59 Å². The summed E-state index contributed by atoms with van der Waals surface area (Å²) < 4.78 is 31.7. The van der Waals surface area contributed by atoms with Crippen LogP contribution >= 0.6 is 0 Å². The molecule has 9 nitrogen and oxygen atoms in total. The van der Waals surface area contributed by atoms with Crippen molar-refractivity contribution in [3.63, 3.8) is 0 Å². The van der Waals surface area contributed by atoms with Crippen LogP contribution in [0.1, 0.15) is 48.0 Å². The number of amides is 2. The number of halogens is 3. The Kier molecular flexibility index (Phi) is 7.81. The van der Waals surface area contributed by atoms with Crippen LogP contribution in [0.3, 0.4) is 0 Å². The van der Waals surface area contributed by atoms with Gasteiger partial charge < -0.3 is 21.1 Å². The third-order valence-corrected chi connectivity index (χ3v) is 6.57. The van der Waals surface area contributed by atoms with E-state index in [2.05, 4.69) is 20.8 Å². The van der Waals surface area contributed by atoms with E-state index in [4.69, 9.17) is 15.6 Å². The molecule has 12 heteroatoms. The molecule has 2 amide bonds. The number of nitrogens with zero attached hydrogens (tertiary/aromatic N) is 1. The number of nitrogens with one attached hydrogen (secondary N) is 3. The van der Waals surface area contributed by atoms with Gasteiger partial charge in [-0.25, -0.2) is 10.2 Å². The molecule has 6 N–H and O–H groups in total. The molecule has 1 fully saturated rings. The van der Waals surface area contributed by atoms with E-state index in [1.54, 1.807) is 12.3 Å². The fourth-order valence-corrected chi connectivity index (χ4v) is 4.72. The second kappa shape index (κ2) is 11.1. The van der Waals surface area contributed by atoms with Crippen molar-refractivity contribution < 1.29 is 32.7 Å². The normalized spacial score (nSPS) is 16.2. The SMILES string of the molecule is N[C@@H](C(=O)Nc1cc2c3c(c(-c4ccccc4)[nH]c3c1)C=NNC2=O)C1CCCCC1.O=C(O)C(F)(F)F. The summed E-state index contributed by atoms with van der Waals surface area (Å²) in [7, 11) is 0. The summed E-state index contributed by atoms with van der Waals surface area (Å²) in [5.41, 5.74) is 13.3. The van der Waals surface area contributed by atoms with Gasteiger partial charge in [-0.15, -0.1) is 0 Å². The summed E-state index contributed by atoms with van der Waals surface area (Å²) in [5.74, 6) is -3.07. The number of carboxylic acid groups (broad SMARTS) is 1. The van der Waals surface area contributed by atoms with E-state index in [1.165, 1.54) is 6.42 Å². The van der Waals surface area contributed by atoms with E-state index in [1.807, 2.05) is 36.4 Å². The van der Waals surface area contributed by atoms with Crippen molar-refractivity contribution in [2.45, 2.75) is 44.3 Å². The van der Waals surface area contributed by atoms with Crippen molar-refractivity contribution in [3.05, 3.63) is 53.6 Å². The molecule has 2 aromatic carbocycles. The number of aliphatic carboxylic acids is 1. The molecular weight excluding hydrogens is 503 g/mol. The number of alkyl halides is 3. The lowest BCUT2D eigenvalue weighted by Crippen LogP contribution is -2.42. The molecule has 1 aromatic heterocycles. The first-order valence-corrected chi connectivity index (χ1v) is 12.0. The molecule has 0 saturated heterocycles. The zero-order valence-corrected chi connectivity index (χ0v) is 20.1. The van der Waals surface area contributed by atoms with Crippen LogP contribution in [0.15, 0.2) is 47.6 Å². The molecule has 5 rings (SSSR count). The van der Waals surface area contributed by atoms with Gasteiger partial charge in [0, 0.05) is 22.2 Å². The van der Waals surface area contributed by atoms with Gasteiger partial charge in [0.2, 0.25) is 5.91 Å². The summed E-state index contributed by atoms with van der Waals surface area (Å²) in [4.78, 5) is 37.8. The van der Waals surface area contributed by atoms with E-state index >= 15 is 0 Å². The van der Waals surface area contributed by atoms with Crippen molar-refractivity contribution in [3.8, 4) is 11.3 Å². The quantitative estimate of drug-likeness (QED) is 0.340. The molecule has 2 heterocycles. The summed E-state index contributed by atoms with van der Waals surface area (Å²) in [5, 5.41) is 14.9. The third kappa shape index (κ3) is 5.86. The number of anilines is 1. The highest BCUT2D eigenvalue weighted by Crippen LogP contribution is 2.35. The molecular formula is C26H26F3N5O4. The van der Waals surface area contributed by atoms with E-state index < -0.39 is 18.2 Å². The van der Waals surface area contributed by atoms with Crippen molar-refractivity contribution in [2.24, 2.45) is 16.8 Å². The first-order valence-electron chi connectivity index (χ1n) is 12.0. The average molecular weight is 530 g/mol. The number of benzene rings is 2. The number of hydrazone groups is 1. The van der Waals surface area contributed by atoms with Crippen LogP contribution in [0.25, 0.3) is 22.2 Å². The largest absolute Gasteiger partial charge is 0.490 e.